The molecule has 0 radical (unpaired) electrons. The zero-order valence-corrected chi connectivity index (χ0v) is 12.7. The van der Waals surface area contributed by atoms with Gasteiger partial charge in [-0.05, 0) is 42.7 Å². The molecule has 98 valence electrons. The van der Waals surface area contributed by atoms with Crippen molar-refractivity contribution in [3.8, 4) is 0 Å². The number of benzene rings is 2. The Morgan fingerprint density at radius 1 is 1.05 bits per heavy atom. The van der Waals surface area contributed by atoms with Gasteiger partial charge >= 0.3 is 0 Å². The average molecular weight is 338 g/mol. The van der Waals surface area contributed by atoms with Crippen molar-refractivity contribution >= 4 is 33.3 Å². The first-order valence-corrected chi connectivity index (χ1v) is 7.36. The summed E-state index contributed by atoms with van der Waals surface area (Å²) in [5.41, 5.74) is 1.87. The molecule has 0 aliphatic carbocycles. The maximum Gasteiger partial charge on any atom is 0.164 e. The minimum atomic E-state index is 0.114. The second-order valence-corrected chi connectivity index (χ2v) is 5.71. The number of hydrogen-bond donors (Lipinski definition) is 0. The number of carbonyl (C=O) groups is 1. The van der Waals surface area contributed by atoms with E-state index in [2.05, 4.69) is 28.1 Å². The normalized spacial score (nSPS) is 10.4. The fraction of sp³-hybridized carbons (Fsp3) is 0.188. The van der Waals surface area contributed by atoms with Crippen LogP contribution in [0.1, 0.15) is 28.8 Å². The highest BCUT2D eigenvalue weighted by molar-refractivity contribution is 9.10. The summed E-state index contributed by atoms with van der Waals surface area (Å²) in [6.45, 7) is 0. The Bertz CT molecular complexity index is 563. The Kier molecular flexibility index (Phi) is 5.17. The van der Waals surface area contributed by atoms with Crippen molar-refractivity contribution < 1.29 is 4.79 Å². The quantitative estimate of drug-likeness (QED) is 0.676. The number of ketones is 1. The van der Waals surface area contributed by atoms with Crippen LogP contribution in [0.5, 0.6) is 0 Å². The van der Waals surface area contributed by atoms with E-state index in [1.807, 2.05) is 24.3 Å². The molecule has 0 N–H and O–H groups in total. The van der Waals surface area contributed by atoms with Crippen molar-refractivity contribution in [1.29, 1.82) is 0 Å². The number of carbonyl (C=O) groups excluding carboxylic acids is 1. The molecule has 0 aromatic heterocycles. The molecule has 2 aromatic rings. The van der Waals surface area contributed by atoms with E-state index in [0.717, 1.165) is 17.3 Å². The lowest BCUT2D eigenvalue weighted by Gasteiger charge is -2.04. The van der Waals surface area contributed by atoms with Gasteiger partial charge < -0.3 is 0 Å². The van der Waals surface area contributed by atoms with Gasteiger partial charge in [-0.15, -0.1) is 0 Å². The fourth-order valence-corrected chi connectivity index (χ4v) is 2.43. The molecular formula is C16H14BrClO. The first-order valence-electron chi connectivity index (χ1n) is 6.19. The van der Waals surface area contributed by atoms with Gasteiger partial charge in [-0.1, -0.05) is 51.8 Å². The third kappa shape index (κ3) is 4.19. The van der Waals surface area contributed by atoms with E-state index < -0.39 is 0 Å². The van der Waals surface area contributed by atoms with Gasteiger partial charge in [0.2, 0.25) is 0 Å². The van der Waals surface area contributed by atoms with Crippen LogP contribution in [-0.4, -0.2) is 5.78 Å². The molecule has 0 bridgehead atoms. The van der Waals surface area contributed by atoms with Gasteiger partial charge in [0.05, 0.1) is 5.02 Å². The Labute approximate surface area is 126 Å². The molecule has 0 unspecified atom stereocenters. The Morgan fingerprint density at radius 2 is 1.74 bits per heavy atom. The van der Waals surface area contributed by atoms with E-state index in [-0.39, 0.29) is 5.78 Å². The highest BCUT2D eigenvalue weighted by Crippen LogP contribution is 2.18. The Balaban J connectivity index is 1.88. The summed E-state index contributed by atoms with van der Waals surface area (Å²) in [5.74, 6) is 0.114. The largest absolute Gasteiger partial charge is 0.294 e. The number of aryl methyl sites for hydroxylation is 1. The van der Waals surface area contributed by atoms with Crippen molar-refractivity contribution in [3.63, 3.8) is 0 Å². The van der Waals surface area contributed by atoms with E-state index in [1.165, 1.54) is 5.56 Å². The molecule has 0 aliphatic heterocycles. The van der Waals surface area contributed by atoms with Gasteiger partial charge in [-0.25, -0.2) is 0 Å². The third-order valence-corrected chi connectivity index (χ3v) is 3.82. The second kappa shape index (κ2) is 6.88. The van der Waals surface area contributed by atoms with E-state index in [0.29, 0.717) is 17.0 Å². The van der Waals surface area contributed by atoms with Gasteiger partial charge in [0.1, 0.15) is 0 Å². The first-order chi connectivity index (χ1) is 9.16. The summed E-state index contributed by atoms with van der Waals surface area (Å²) < 4.78 is 1.07. The zero-order valence-electron chi connectivity index (χ0n) is 10.4. The molecule has 0 aliphatic rings. The van der Waals surface area contributed by atoms with Gasteiger partial charge in [-0.2, -0.15) is 0 Å². The van der Waals surface area contributed by atoms with Gasteiger partial charge in [0, 0.05) is 16.5 Å². The van der Waals surface area contributed by atoms with Crippen molar-refractivity contribution in [2.45, 2.75) is 19.3 Å². The predicted octanol–water partition coefficient (Wildman–Crippen LogP) is 5.31. The molecule has 0 heterocycles. The van der Waals surface area contributed by atoms with E-state index in [4.69, 9.17) is 11.6 Å². The Morgan fingerprint density at radius 3 is 2.42 bits per heavy atom. The average Bonchev–Trinajstić information content (AvgIpc) is 2.41. The SMILES string of the molecule is O=C(CCCc1ccc(Br)cc1)c1ccccc1Cl. The molecule has 2 aromatic carbocycles. The summed E-state index contributed by atoms with van der Waals surface area (Å²) in [4.78, 5) is 12.0. The lowest BCUT2D eigenvalue weighted by Crippen LogP contribution is -2.00. The molecule has 1 nitrogen and oxygen atoms in total. The van der Waals surface area contributed by atoms with Gasteiger partial charge in [0.15, 0.2) is 5.78 Å². The minimum Gasteiger partial charge on any atom is -0.294 e. The van der Waals surface area contributed by atoms with E-state index in [9.17, 15) is 4.79 Å². The number of Topliss-reactive ketones (excluding diaryl/α,β-unsaturated/α-hetero) is 1. The lowest BCUT2D eigenvalue weighted by atomic mass is 10.0. The number of hydrogen-bond acceptors (Lipinski definition) is 1. The summed E-state index contributed by atoms with van der Waals surface area (Å²) in [6, 6.07) is 15.4. The van der Waals surface area contributed by atoms with Gasteiger partial charge in [-0.3, -0.25) is 4.79 Å². The summed E-state index contributed by atoms with van der Waals surface area (Å²) in [5, 5.41) is 0.538. The van der Waals surface area contributed by atoms with Crippen LogP contribution in [0, 0.1) is 0 Å². The molecule has 0 spiro atoms. The maximum absolute atomic E-state index is 12.0. The number of rotatable bonds is 5. The van der Waals surface area contributed by atoms with Crippen LogP contribution in [0.3, 0.4) is 0 Å². The van der Waals surface area contributed by atoms with Crippen LogP contribution in [-0.2, 0) is 6.42 Å². The van der Waals surface area contributed by atoms with Crippen molar-refractivity contribution in [2.75, 3.05) is 0 Å². The van der Waals surface area contributed by atoms with Crippen LogP contribution in [0.2, 0.25) is 5.02 Å². The first kappa shape index (κ1) is 14.3. The molecule has 0 saturated carbocycles. The summed E-state index contributed by atoms with van der Waals surface area (Å²) >= 11 is 9.41. The van der Waals surface area contributed by atoms with Crippen molar-refractivity contribution in [3.05, 3.63) is 69.2 Å². The predicted molar refractivity (Wildman–Crippen MR) is 82.9 cm³/mol. The van der Waals surface area contributed by atoms with Crippen molar-refractivity contribution in [2.24, 2.45) is 0 Å². The van der Waals surface area contributed by atoms with Crippen LogP contribution >= 0.6 is 27.5 Å². The summed E-state index contributed by atoms with van der Waals surface area (Å²) in [7, 11) is 0. The third-order valence-electron chi connectivity index (χ3n) is 2.96. The van der Waals surface area contributed by atoms with Crippen LogP contribution < -0.4 is 0 Å². The molecule has 0 atom stereocenters. The molecule has 0 amide bonds. The summed E-state index contributed by atoms with van der Waals surface area (Å²) in [6.07, 6.45) is 2.27. The number of halogens is 2. The second-order valence-electron chi connectivity index (χ2n) is 4.38. The van der Waals surface area contributed by atoms with E-state index >= 15 is 0 Å². The minimum absolute atomic E-state index is 0.114. The molecule has 19 heavy (non-hydrogen) atoms. The highest BCUT2D eigenvalue weighted by atomic mass is 79.9. The molecule has 3 heteroatoms. The topological polar surface area (TPSA) is 17.1 Å². The molecule has 0 saturated heterocycles. The molecule has 0 fully saturated rings. The van der Waals surface area contributed by atoms with Crippen LogP contribution in [0.4, 0.5) is 0 Å². The maximum atomic E-state index is 12.0. The van der Waals surface area contributed by atoms with Crippen LogP contribution in [0.25, 0.3) is 0 Å². The molecular weight excluding hydrogens is 324 g/mol. The fourth-order valence-electron chi connectivity index (χ4n) is 1.93. The standard InChI is InChI=1S/C16H14BrClO/c17-13-10-8-12(9-11-13)4-3-7-16(19)14-5-1-2-6-15(14)18/h1-2,5-6,8-11H,3-4,7H2. The smallest absolute Gasteiger partial charge is 0.164 e. The van der Waals surface area contributed by atoms with Crippen molar-refractivity contribution in [1.82, 2.24) is 0 Å². The van der Waals surface area contributed by atoms with Gasteiger partial charge in [0.25, 0.3) is 0 Å². The van der Waals surface area contributed by atoms with Crippen LogP contribution in [0.15, 0.2) is 53.0 Å². The Hall–Kier alpha value is -1.12. The molecule has 2 rings (SSSR count). The monoisotopic (exact) mass is 336 g/mol. The highest BCUT2D eigenvalue weighted by Gasteiger charge is 2.09. The van der Waals surface area contributed by atoms with E-state index in [1.54, 1.807) is 12.1 Å². The lowest BCUT2D eigenvalue weighted by molar-refractivity contribution is 0.0980. The zero-order chi connectivity index (χ0) is 13.7.